The van der Waals surface area contributed by atoms with Gasteiger partial charge in [0, 0.05) is 24.3 Å². The lowest BCUT2D eigenvalue weighted by molar-refractivity contribution is 0.229. The van der Waals surface area contributed by atoms with Crippen LogP contribution < -0.4 is 10.1 Å². The third-order valence-corrected chi connectivity index (χ3v) is 3.02. The fourth-order valence-corrected chi connectivity index (χ4v) is 1.86. The van der Waals surface area contributed by atoms with Crippen LogP contribution in [0.4, 0.5) is 0 Å². The molecule has 0 aliphatic rings. The predicted octanol–water partition coefficient (Wildman–Crippen LogP) is 3.78. The molecule has 0 amide bonds. The van der Waals surface area contributed by atoms with Crippen molar-refractivity contribution >= 4 is 0 Å². The lowest BCUT2D eigenvalue weighted by Gasteiger charge is -2.17. The van der Waals surface area contributed by atoms with Gasteiger partial charge in [-0.2, -0.15) is 0 Å². The topological polar surface area (TPSA) is 34.2 Å². The smallest absolute Gasteiger partial charge is 0.218 e. The molecule has 1 aromatic heterocycles. The van der Waals surface area contributed by atoms with Crippen LogP contribution in [0, 0.1) is 5.92 Å². The molecule has 0 bridgehead atoms. The van der Waals surface area contributed by atoms with Gasteiger partial charge in [-0.15, -0.1) is 0 Å². The summed E-state index contributed by atoms with van der Waals surface area (Å²) in [5.41, 5.74) is 1.13. The maximum atomic E-state index is 5.72. The first-order chi connectivity index (χ1) is 8.99. The summed E-state index contributed by atoms with van der Waals surface area (Å²) in [4.78, 5) is 4.31. The van der Waals surface area contributed by atoms with Crippen LogP contribution in [-0.4, -0.2) is 17.1 Å². The molecule has 1 unspecified atom stereocenters. The van der Waals surface area contributed by atoms with Gasteiger partial charge in [0.1, 0.15) is 0 Å². The Morgan fingerprint density at radius 3 is 2.53 bits per heavy atom. The maximum absolute atomic E-state index is 5.72. The number of aromatic nitrogens is 1. The molecule has 1 rings (SSSR count). The maximum Gasteiger partial charge on any atom is 0.218 e. The van der Waals surface area contributed by atoms with E-state index in [9.17, 15) is 0 Å². The Bertz CT molecular complexity index is 364. The average Bonchev–Trinajstić information content (AvgIpc) is 2.34. The third-order valence-electron chi connectivity index (χ3n) is 3.02. The monoisotopic (exact) mass is 264 g/mol. The lowest BCUT2D eigenvalue weighted by Crippen LogP contribution is -2.26. The summed E-state index contributed by atoms with van der Waals surface area (Å²) < 4.78 is 5.72. The Hall–Kier alpha value is -1.09. The van der Waals surface area contributed by atoms with Crippen molar-refractivity contribution < 1.29 is 4.74 Å². The lowest BCUT2D eigenvalue weighted by atomic mass is 10.0. The van der Waals surface area contributed by atoms with E-state index in [-0.39, 0.29) is 6.10 Å². The van der Waals surface area contributed by atoms with Crippen LogP contribution in [-0.2, 0) is 6.54 Å². The molecule has 1 heterocycles. The van der Waals surface area contributed by atoms with Gasteiger partial charge in [-0.3, -0.25) is 0 Å². The minimum absolute atomic E-state index is 0.159. The minimum atomic E-state index is 0.159. The fourth-order valence-electron chi connectivity index (χ4n) is 1.86. The number of hydrogen-bond acceptors (Lipinski definition) is 3. The molecule has 3 nitrogen and oxygen atoms in total. The highest BCUT2D eigenvalue weighted by Gasteiger charge is 2.08. The fraction of sp³-hybridized carbons (Fsp3) is 0.688. The average molecular weight is 264 g/mol. The number of rotatable bonds is 8. The van der Waals surface area contributed by atoms with Gasteiger partial charge in [-0.1, -0.05) is 19.9 Å². The van der Waals surface area contributed by atoms with Gasteiger partial charge in [-0.25, -0.2) is 4.98 Å². The van der Waals surface area contributed by atoms with Crippen molar-refractivity contribution in [2.45, 2.75) is 66.2 Å². The highest BCUT2D eigenvalue weighted by atomic mass is 16.5. The van der Waals surface area contributed by atoms with Crippen LogP contribution in [0.2, 0.25) is 0 Å². The van der Waals surface area contributed by atoms with E-state index in [1.165, 1.54) is 12.8 Å². The second-order valence-corrected chi connectivity index (χ2v) is 5.89. The summed E-state index contributed by atoms with van der Waals surface area (Å²) in [5.74, 6) is 1.52. The van der Waals surface area contributed by atoms with Crippen LogP contribution in [0.5, 0.6) is 5.88 Å². The molecule has 1 aromatic rings. The van der Waals surface area contributed by atoms with E-state index in [0.29, 0.717) is 6.04 Å². The minimum Gasteiger partial charge on any atom is -0.475 e. The molecular formula is C16H28N2O. The van der Waals surface area contributed by atoms with Crippen molar-refractivity contribution in [3.63, 3.8) is 0 Å². The van der Waals surface area contributed by atoms with Crippen molar-refractivity contribution in [2.75, 3.05) is 0 Å². The quantitative estimate of drug-likeness (QED) is 0.776. The van der Waals surface area contributed by atoms with Crippen LogP contribution >= 0.6 is 0 Å². The molecular weight excluding hydrogens is 236 g/mol. The number of pyridine rings is 1. The summed E-state index contributed by atoms with van der Waals surface area (Å²) in [5, 5.41) is 3.55. The zero-order valence-corrected chi connectivity index (χ0v) is 12.9. The largest absolute Gasteiger partial charge is 0.475 e. The van der Waals surface area contributed by atoms with Gasteiger partial charge < -0.3 is 10.1 Å². The van der Waals surface area contributed by atoms with Gasteiger partial charge in [0.2, 0.25) is 5.88 Å². The number of hydrogen-bond donors (Lipinski definition) is 1. The Labute approximate surface area is 117 Å². The zero-order chi connectivity index (χ0) is 14.3. The number of nitrogens with zero attached hydrogens (tertiary/aromatic N) is 1. The summed E-state index contributed by atoms with van der Waals surface area (Å²) in [6.07, 6.45) is 4.41. The van der Waals surface area contributed by atoms with E-state index in [1.807, 2.05) is 19.9 Å². The van der Waals surface area contributed by atoms with Crippen molar-refractivity contribution in [1.29, 1.82) is 0 Å². The van der Waals surface area contributed by atoms with Gasteiger partial charge in [0.15, 0.2) is 0 Å². The van der Waals surface area contributed by atoms with Crippen LogP contribution in [0.25, 0.3) is 0 Å². The van der Waals surface area contributed by atoms with E-state index in [2.05, 4.69) is 37.1 Å². The Morgan fingerprint density at radius 2 is 1.89 bits per heavy atom. The zero-order valence-electron chi connectivity index (χ0n) is 12.9. The molecule has 0 saturated heterocycles. The van der Waals surface area contributed by atoms with Crippen molar-refractivity contribution in [3.05, 3.63) is 23.9 Å². The number of nitrogens with one attached hydrogen (secondary N) is 1. The molecule has 0 fully saturated rings. The van der Waals surface area contributed by atoms with Gasteiger partial charge >= 0.3 is 0 Å². The molecule has 0 saturated carbocycles. The third kappa shape index (κ3) is 6.58. The second kappa shape index (κ2) is 8.16. The molecule has 0 aliphatic carbocycles. The Morgan fingerprint density at radius 1 is 1.16 bits per heavy atom. The number of ether oxygens (including phenoxy) is 1. The van der Waals surface area contributed by atoms with Crippen molar-refractivity contribution in [3.8, 4) is 5.88 Å². The van der Waals surface area contributed by atoms with Crippen LogP contribution in [0.1, 0.15) is 53.0 Å². The van der Waals surface area contributed by atoms with E-state index < -0.39 is 0 Å². The van der Waals surface area contributed by atoms with E-state index in [4.69, 9.17) is 4.74 Å². The van der Waals surface area contributed by atoms with E-state index >= 15 is 0 Å². The summed E-state index contributed by atoms with van der Waals surface area (Å²) in [6, 6.07) is 4.56. The first-order valence-electron chi connectivity index (χ1n) is 7.33. The van der Waals surface area contributed by atoms with Crippen LogP contribution in [0.15, 0.2) is 18.3 Å². The molecule has 1 N–H and O–H groups in total. The normalized spacial score (nSPS) is 13.0. The summed E-state index contributed by atoms with van der Waals surface area (Å²) in [6.45, 7) is 11.6. The molecule has 19 heavy (non-hydrogen) atoms. The molecule has 1 atom stereocenters. The molecule has 108 valence electrons. The highest BCUT2D eigenvalue weighted by Crippen LogP contribution is 2.16. The van der Waals surface area contributed by atoms with Crippen molar-refractivity contribution in [2.24, 2.45) is 5.92 Å². The Kier molecular flexibility index (Phi) is 6.85. The molecule has 0 aromatic carbocycles. The van der Waals surface area contributed by atoms with Crippen molar-refractivity contribution in [1.82, 2.24) is 10.3 Å². The molecule has 0 aliphatic heterocycles. The molecule has 3 heteroatoms. The van der Waals surface area contributed by atoms with Crippen LogP contribution in [0.3, 0.4) is 0 Å². The first kappa shape index (κ1) is 16.0. The Balaban J connectivity index is 2.48. The van der Waals surface area contributed by atoms with Gasteiger partial charge in [0.25, 0.3) is 0 Å². The summed E-state index contributed by atoms with van der Waals surface area (Å²) >= 11 is 0. The summed E-state index contributed by atoms with van der Waals surface area (Å²) in [7, 11) is 0. The first-order valence-corrected chi connectivity index (χ1v) is 7.33. The van der Waals surface area contributed by atoms with Gasteiger partial charge in [0.05, 0.1) is 6.10 Å². The molecule has 0 radical (unpaired) electrons. The molecule has 0 spiro atoms. The second-order valence-electron chi connectivity index (χ2n) is 5.89. The van der Waals surface area contributed by atoms with Gasteiger partial charge in [-0.05, 0) is 45.6 Å². The standard InChI is InChI=1S/C16H28N2O/c1-12(2)8-9-14(5)18-11-15-7-6-10-17-16(15)19-13(3)4/h6-7,10,12-14,18H,8-9,11H2,1-5H3. The highest BCUT2D eigenvalue weighted by molar-refractivity contribution is 5.25. The van der Waals surface area contributed by atoms with E-state index in [0.717, 1.165) is 23.9 Å². The van der Waals surface area contributed by atoms with E-state index in [1.54, 1.807) is 6.20 Å². The predicted molar refractivity (Wildman–Crippen MR) is 80.4 cm³/mol. The SMILES string of the molecule is CC(C)CCC(C)NCc1cccnc1OC(C)C.